The van der Waals surface area contributed by atoms with E-state index in [1.165, 1.54) is 23.6 Å². The Morgan fingerprint density at radius 2 is 2.07 bits per heavy atom. The fourth-order valence-corrected chi connectivity index (χ4v) is 2.67. The summed E-state index contributed by atoms with van der Waals surface area (Å²) in [6.07, 6.45) is 3.26. The number of fused-ring (bicyclic) bond motifs is 1. The molecule has 0 bridgehead atoms. The monoisotopic (exact) mass is 380 g/mol. The van der Waals surface area contributed by atoms with Gasteiger partial charge in [0.15, 0.2) is 11.5 Å². The van der Waals surface area contributed by atoms with E-state index in [9.17, 15) is 9.59 Å². The molecule has 0 saturated heterocycles. The van der Waals surface area contributed by atoms with Gasteiger partial charge in [0.1, 0.15) is 18.9 Å². The highest BCUT2D eigenvalue weighted by molar-refractivity contribution is 5.90. The lowest BCUT2D eigenvalue weighted by Gasteiger charge is -2.11. The van der Waals surface area contributed by atoms with Crippen LogP contribution in [0.1, 0.15) is 21.6 Å². The number of methoxy groups -OCH3 is 1. The lowest BCUT2D eigenvalue weighted by Crippen LogP contribution is -2.17. The van der Waals surface area contributed by atoms with E-state index in [1.54, 1.807) is 30.5 Å². The second kappa shape index (κ2) is 8.39. The van der Waals surface area contributed by atoms with E-state index in [0.717, 1.165) is 5.56 Å². The Labute approximate surface area is 161 Å². The zero-order valence-corrected chi connectivity index (χ0v) is 15.7. The summed E-state index contributed by atoms with van der Waals surface area (Å²) in [6.45, 7) is 5.66. The SMILES string of the molecule is C=CCOc1ccc(C(=O)OCc2cc(=O)n3cccc(C)c3n2)cc1OC. The molecule has 0 amide bonds. The van der Waals surface area contributed by atoms with Crippen molar-refractivity contribution >= 4 is 11.6 Å². The Hall–Kier alpha value is -3.61. The zero-order valence-electron chi connectivity index (χ0n) is 15.7. The highest BCUT2D eigenvalue weighted by Crippen LogP contribution is 2.28. The van der Waals surface area contributed by atoms with Crippen LogP contribution >= 0.6 is 0 Å². The predicted octanol–water partition coefficient (Wildman–Crippen LogP) is 2.93. The minimum Gasteiger partial charge on any atom is -0.493 e. The van der Waals surface area contributed by atoms with E-state index in [-0.39, 0.29) is 12.2 Å². The standard InChI is InChI=1S/C21H20N2O5/c1-4-10-27-17-8-7-15(11-18(17)26-3)21(25)28-13-16-12-19(24)23-9-5-6-14(2)20(23)22-16/h4-9,11-12H,1,10,13H2,2-3H3. The number of pyridine rings is 1. The number of esters is 1. The van der Waals surface area contributed by atoms with Crippen LogP contribution in [0.5, 0.6) is 11.5 Å². The third kappa shape index (κ3) is 4.03. The van der Waals surface area contributed by atoms with Crippen LogP contribution in [-0.4, -0.2) is 29.1 Å². The Kier molecular flexibility index (Phi) is 5.74. The van der Waals surface area contributed by atoms with Crippen molar-refractivity contribution in [3.05, 3.63) is 82.4 Å². The molecule has 2 heterocycles. The molecule has 3 aromatic rings. The average Bonchev–Trinajstić information content (AvgIpc) is 2.71. The first-order valence-electron chi connectivity index (χ1n) is 8.60. The predicted molar refractivity (Wildman–Crippen MR) is 104 cm³/mol. The summed E-state index contributed by atoms with van der Waals surface area (Å²) < 4.78 is 17.5. The van der Waals surface area contributed by atoms with Gasteiger partial charge in [0.05, 0.1) is 18.4 Å². The maximum Gasteiger partial charge on any atom is 0.338 e. The number of aryl methyl sites for hydroxylation is 1. The fourth-order valence-electron chi connectivity index (χ4n) is 2.67. The minimum absolute atomic E-state index is 0.115. The van der Waals surface area contributed by atoms with E-state index in [1.807, 2.05) is 13.0 Å². The molecule has 1 aromatic carbocycles. The van der Waals surface area contributed by atoms with Crippen molar-refractivity contribution in [1.29, 1.82) is 0 Å². The number of hydrogen-bond acceptors (Lipinski definition) is 6. The summed E-state index contributed by atoms with van der Waals surface area (Å²) in [5.74, 6) is 0.355. The molecule has 2 aromatic heterocycles. The van der Waals surface area contributed by atoms with Crippen molar-refractivity contribution in [2.45, 2.75) is 13.5 Å². The van der Waals surface area contributed by atoms with Gasteiger partial charge in [0.25, 0.3) is 5.56 Å². The highest BCUT2D eigenvalue weighted by Gasteiger charge is 2.13. The molecule has 0 spiro atoms. The summed E-state index contributed by atoms with van der Waals surface area (Å²) in [5, 5.41) is 0. The average molecular weight is 380 g/mol. The van der Waals surface area contributed by atoms with Gasteiger partial charge in [-0.05, 0) is 36.8 Å². The van der Waals surface area contributed by atoms with Gasteiger partial charge in [0.2, 0.25) is 0 Å². The van der Waals surface area contributed by atoms with Gasteiger partial charge in [-0.2, -0.15) is 0 Å². The Morgan fingerprint density at radius 1 is 1.25 bits per heavy atom. The molecule has 7 heteroatoms. The Balaban J connectivity index is 1.77. The van der Waals surface area contributed by atoms with Gasteiger partial charge in [-0.3, -0.25) is 9.20 Å². The molecule has 0 fully saturated rings. The molecule has 0 aliphatic heterocycles. The van der Waals surface area contributed by atoms with Crippen LogP contribution < -0.4 is 15.0 Å². The van der Waals surface area contributed by atoms with Crippen LogP contribution in [0.25, 0.3) is 5.65 Å². The number of benzene rings is 1. The summed E-state index contributed by atoms with van der Waals surface area (Å²) in [4.78, 5) is 29.0. The van der Waals surface area contributed by atoms with Crippen molar-refractivity contribution in [2.24, 2.45) is 0 Å². The topological polar surface area (TPSA) is 79.1 Å². The van der Waals surface area contributed by atoms with E-state index in [0.29, 0.717) is 35.0 Å². The molecule has 0 unspecified atom stereocenters. The molecule has 0 atom stereocenters. The van der Waals surface area contributed by atoms with Gasteiger partial charge in [-0.1, -0.05) is 18.7 Å². The lowest BCUT2D eigenvalue weighted by molar-refractivity contribution is 0.0467. The second-order valence-electron chi connectivity index (χ2n) is 6.01. The second-order valence-corrected chi connectivity index (χ2v) is 6.01. The number of carbonyl (C=O) groups excluding carboxylic acids is 1. The zero-order chi connectivity index (χ0) is 20.1. The van der Waals surface area contributed by atoms with Gasteiger partial charge in [-0.25, -0.2) is 9.78 Å². The first-order valence-corrected chi connectivity index (χ1v) is 8.60. The van der Waals surface area contributed by atoms with Gasteiger partial charge < -0.3 is 14.2 Å². The number of hydrogen-bond donors (Lipinski definition) is 0. The summed E-state index contributed by atoms with van der Waals surface area (Å²) in [6, 6.07) is 9.74. The van der Waals surface area contributed by atoms with Crippen molar-refractivity contribution in [3.63, 3.8) is 0 Å². The maximum atomic E-state index is 12.4. The third-order valence-corrected chi connectivity index (χ3v) is 4.05. The normalized spacial score (nSPS) is 10.5. The molecule has 0 aliphatic carbocycles. The van der Waals surface area contributed by atoms with E-state index >= 15 is 0 Å². The molecule has 3 rings (SSSR count). The highest BCUT2D eigenvalue weighted by atomic mass is 16.5. The van der Waals surface area contributed by atoms with Crippen molar-refractivity contribution < 1.29 is 19.0 Å². The van der Waals surface area contributed by atoms with Crippen molar-refractivity contribution in [1.82, 2.24) is 9.38 Å². The van der Waals surface area contributed by atoms with Crippen LogP contribution in [0.3, 0.4) is 0 Å². The quantitative estimate of drug-likeness (QED) is 0.463. The van der Waals surface area contributed by atoms with E-state index in [2.05, 4.69) is 11.6 Å². The molecular formula is C21H20N2O5. The van der Waals surface area contributed by atoms with Crippen LogP contribution in [0, 0.1) is 6.92 Å². The minimum atomic E-state index is -0.555. The number of aromatic nitrogens is 2. The van der Waals surface area contributed by atoms with Crippen LogP contribution in [-0.2, 0) is 11.3 Å². The molecule has 0 N–H and O–H groups in total. The summed E-state index contributed by atoms with van der Waals surface area (Å²) in [5.41, 5.74) is 1.84. The van der Waals surface area contributed by atoms with Crippen LogP contribution in [0.4, 0.5) is 0 Å². The van der Waals surface area contributed by atoms with Crippen molar-refractivity contribution in [3.8, 4) is 11.5 Å². The van der Waals surface area contributed by atoms with Crippen LogP contribution in [0.2, 0.25) is 0 Å². The fraction of sp³-hybridized carbons (Fsp3) is 0.190. The number of carbonyl (C=O) groups is 1. The molecule has 144 valence electrons. The van der Waals surface area contributed by atoms with Crippen LogP contribution in [0.15, 0.2) is 60.0 Å². The summed E-state index contributed by atoms with van der Waals surface area (Å²) in [7, 11) is 1.49. The number of rotatable bonds is 7. The summed E-state index contributed by atoms with van der Waals surface area (Å²) >= 11 is 0. The molecule has 0 saturated carbocycles. The molecular weight excluding hydrogens is 360 g/mol. The van der Waals surface area contributed by atoms with E-state index in [4.69, 9.17) is 14.2 Å². The molecule has 28 heavy (non-hydrogen) atoms. The third-order valence-electron chi connectivity index (χ3n) is 4.05. The Morgan fingerprint density at radius 3 is 2.82 bits per heavy atom. The van der Waals surface area contributed by atoms with E-state index < -0.39 is 5.97 Å². The first-order chi connectivity index (χ1) is 13.5. The number of ether oxygens (including phenoxy) is 3. The number of nitrogens with zero attached hydrogens (tertiary/aromatic N) is 2. The largest absolute Gasteiger partial charge is 0.493 e. The lowest BCUT2D eigenvalue weighted by atomic mass is 10.2. The molecule has 0 aliphatic rings. The smallest absolute Gasteiger partial charge is 0.338 e. The van der Waals surface area contributed by atoms with Gasteiger partial charge in [0, 0.05) is 12.3 Å². The van der Waals surface area contributed by atoms with Gasteiger partial charge in [-0.15, -0.1) is 0 Å². The van der Waals surface area contributed by atoms with Crippen molar-refractivity contribution in [2.75, 3.05) is 13.7 Å². The van der Waals surface area contributed by atoms with Gasteiger partial charge >= 0.3 is 5.97 Å². The molecule has 0 radical (unpaired) electrons. The maximum absolute atomic E-state index is 12.4. The Bertz CT molecular complexity index is 1090. The first kappa shape index (κ1) is 19.2. The molecule has 7 nitrogen and oxygen atoms in total.